The molecular weight excluding hydrogens is 392 g/mol. The minimum Gasteiger partial charge on any atom is -0.309 e. The Kier molecular flexibility index (Phi) is 6.05. The molecule has 2 aromatic heterocycles. The van der Waals surface area contributed by atoms with E-state index >= 15 is 0 Å². The van der Waals surface area contributed by atoms with Gasteiger partial charge in [0.15, 0.2) is 5.16 Å². The molecule has 0 bridgehead atoms. The van der Waals surface area contributed by atoms with Gasteiger partial charge in [-0.25, -0.2) is 4.40 Å². The summed E-state index contributed by atoms with van der Waals surface area (Å²) in [5, 5.41) is 9.70. The molecule has 0 amide bonds. The lowest BCUT2D eigenvalue weighted by Gasteiger charge is -2.37. The highest BCUT2D eigenvalue weighted by molar-refractivity contribution is 7.99. The quantitative estimate of drug-likeness (QED) is 0.355. The molecule has 0 aliphatic heterocycles. The Hall–Kier alpha value is -2.08. The Morgan fingerprint density at radius 1 is 1.10 bits per heavy atom. The molecule has 0 spiro atoms. The SMILES string of the molecule is CCCCSc1nnc2n(CCCC)c3c(c(=O)n12)[C@@](C)(CC)Cc1ccccc1-3. The summed E-state index contributed by atoms with van der Waals surface area (Å²) in [7, 11) is 0. The number of aryl methyl sites for hydroxylation is 1. The molecule has 1 atom stereocenters. The van der Waals surface area contributed by atoms with Gasteiger partial charge in [0.05, 0.1) is 5.69 Å². The van der Waals surface area contributed by atoms with Gasteiger partial charge in [0.2, 0.25) is 5.78 Å². The fourth-order valence-electron chi connectivity index (χ4n) is 4.53. The predicted octanol–water partition coefficient (Wildman–Crippen LogP) is 5.47. The van der Waals surface area contributed by atoms with Crippen LogP contribution in [0.5, 0.6) is 0 Å². The van der Waals surface area contributed by atoms with E-state index in [9.17, 15) is 4.79 Å². The third-order valence-corrected chi connectivity index (χ3v) is 7.50. The highest BCUT2D eigenvalue weighted by Crippen LogP contribution is 2.43. The van der Waals surface area contributed by atoms with E-state index in [0.717, 1.165) is 67.2 Å². The van der Waals surface area contributed by atoms with Crippen molar-refractivity contribution in [1.82, 2.24) is 19.2 Å². The number of fused-ring (bicyclic) bond motifs is 4. The first-order valence-corrected chi connectivity index (χ1v) is 12.3. The monoisotopic (exact) mass is 424 g/mol. The molecule has 3 aromatic rings. The maximum atomic E-state index is 14.0. The lowest BCUT2D eigenvalue weighted by atomic mass is 9.69. The maximum Gasteiger partial charge on any atom is 0.265 e. The number of benzene rings is 1. The molecule has 0 saturated carbocycles. The van der Waals surface area contributed by atoms with E-state index in [4.69, 9.17) is 0 Å². The molecule has 5 nitrogen and oxygen atoms in total. The molecule has 0 saturated heterocycles. The average Bonchev–Trinajstić information content (AvgIpc) is 3.18. The highest BCUT2D eigenvalue weighted by atomic mass is 32.2. The van der Waals surface area contributed by atoms with Crippen LogP contribution in [0, 0.1) is 0 Å². The summed E-state index contributed by atoms with van der Waals surface area (Å²) in [6.45, 7) is 9.66. The van der Waals surface area contributed by atoms with Crippen LogP contribution in [0.15, 0.2) is 34.2 Å². The molecule has 2 heterocycles. The Balaban J connectivity index is 2.05. The average molecular weight is 425 g/mol. The second-order valence-corrected chi connectivity index (χ2v) is 9.66. The zero-order chi connectivity index (χ0) is 21.3. The normalized spacial score (nSPS) is 17.9. The fourth-order valence-corrected chi connectivity index (χ4v) is 5.54. The Bertz CT molecular complexity index is 1120. The summed E-state index contributed by atoms with van der Waals surface area (Å²) < 4.78 is 4.06. The standard InChI is InChI=1S/C24H32N4OS/c1-5-8-14-27-20-18-13-11-10-12-17(18)16-24(4,7-3)19(20)21(29)28-22(27)25-26-23(28)30-15-9-6-2/h10-13H,5-9,14-16H2,1-4H3/t24-/m0/s1. The van der Waals surface area contributed by atoms with Crippen molar-refractivity contribution in [3.05, 3.63) is 45.7 Å². The van der Waals surface area contributed by atoms with Crippen molar-refractivity contribution in [2.45, 2.75) is 83.3 Å². The number of nitrogens with zero attached hydrogens (tertiary/aromatic N) is 4. The van der Waals surface area contributed by atoms with Crippen molar-refractivity contribution >= 4 is 17.5 Å². The topological polar surface area (TPSA) is 52.2 Å². The van der Waals surface area contributed by atoms with Crippen LogP contribution in [0.25, 0.3) is 17.0 Å². The summed E-state index contributed by atoms with van der Waals surface area (Å²) >= 11 is 1.65. The third-order valence-electron chi connectivity index (χ3n) is 6.48. The smallest absolute Gasteiger partial charge is 0.265 e. The van der Waals surface area contributed by atoms with E-state index in [1.165, 1.54) is 11.1 Å². The molecule has 6 heteroatoms. The molecule has 160 valence electrons. The summed E-state index contributed by atoms with van der Waals surface area (Å²) in [5.74, 6) is 1.64. The zero-order valence-electron chi connectivity index (χ0n) is 18.6. The van der Waals surface area contributed by atoms with Crippen LogP contribution < -0.4 is 5.56 Å². The van der Waals surface area contributed by atoms with Gasteiger partial charge in [-0.3, -0.25) is 4.79 Å². The van der Waals surface area contributed by atoms with Crippen molar-refractivity contribution < 1.29 is 0 Å². The van der Waals surface area contributed by atoms with Crippen molar-refractivity contribution in [3.63, 3.8) is 0 Å². The number of aromatic nitrogens is 4. The first-order valence-electron chi connectivity index (χ1n) is 11.3. The van der Waals surface area contributed by atoms with E-state index < -0.39 is 0 Å². The lowest BCUT2D eigenvalue weighted by molar-refractivity contribution is 0.433. The zero-order valence-corrected chi connectivity index (χ0v) is 19.4. The van der Waals surface area contributed by atoms with E-state index in [0.29, 0.717) is 5.78 Å². The molecular formula is C24H32N4OS. The van der Waals surface area contributed by atoms with Crippen LogP contribution in [0.2, 0.25) is 0 Å². The summed E-state index contributed by atoms with van der Waals surface area (Å²) in [5.41, 5.74) is 4.36. The first kappa shape index (κ1) is 21.2. The van der Waals surface area contributed by atoms with Crippen molar-refractivity contribution in [1.29, 1.82) is 0 Å². The number of thioether (sulfide) groups is 1. The van der Waals surface area contributed by atoms with Crippen LogP contribution in [0.3, 0.4) is 0 Å². The highest BCUT2D eigenvalue weighted by Gasteiger charge is 2.39. The van der Waals surface area contributed by atoms with Crippen LogP contribution in [0.4, 0.5) is 0 Å². The number of unbranched alkanes of at least 4 members (excludes halogenated alkanes) is 2. The summed E-state index contributed by atoms with van der Waals surface area (Å²) in [6.07, 6.45) is 6.18. The molecule has 30 heavy (non-hydrogen) atoms. The van der Waals surface area contributed by atoms with Gasteiger partial charge < -0.3 is 4.57 Å². The minimum absolute atomic E-state index is 0.0654. The van der Waals surface area contributed by atoms with Gasteiger partial charge in [-0.05, 0) is 31.2 Å². The van der Waals surface area contributed by atoms with Gasteiger partial charge in [-0.1, -0.05) is 76.6 Å². The third kappa shape index (κ3) is 3.39. The van der Waals surface area contributed by atoms with Crippen molar-refractivity contribution in [3.8, 4) is 11.3 Å². The number of rotatable bonds is 8. The second-order valence-electron chi connectivity index (χ2n) is 8.60. The Labute approximate surface area is 182 Å². The van der Waals surface area contributed by atoms with Gasteiger partial charge in [-0.2, -0.15) is 0 Å². The van der Waals surface area contributed by atoms with Crippen LogP contribution in [0.1, 0.15) is 70.9 Å². The van der Waals surface area contributed by atoms with Gasteiger partial charge >= 0.3 is 0 Å². The molecule has 1 aromatic carbocycles. The lowest BCUT2D eigenvalue weighted by Crippen LogP contribution is -2.39. The first-order chi connectivity index (χ1) is 14.6. The van der Waals surface area contributed by atoms with Crippen LogP contribution in [-0.4, -0.2) is 24.9 Å². The minimum atomic E-state index is -0.196. The van der Waals surface area contributed by atoms with E-state index in [1.54, 1.807) is 16.2 Å². The molecule has 0 N–H and O–H groups in total. The molecule has 0 unspecified atom stereocenters. The Morgan fingerprint density at radius 3 is 2.60 bits per heavy atom. The van der Waals surface area contributed by atoms with Gasteiger partial charge in [0.25, 0.3) is 5.56 Å². The largest absolute Gasteiger partial charge is 0.309 e. The van der Waals surface area contributed by atoms with E-state index in [-0.39, 0.29) is 11.0 Å². The maximum absolute atomic E-state index is 14.0. The van der Waals surface area contributed by atoms with E-state index in [2.05, 4.69) is 66.7 Å². The predicted molar refractivity (Wildman–Crippen MR) is 125 cm³/mol. The molecule has 1 aliphatic carbocycles. The molecule has 0 fully saturated rings. The van der Waals surface area contributed by atoms with E-state index in [1.807, 2.05) is 0 Å². The Morgan fingerprint density at radius 2 is 1.87 bits per heavy atom. The molecule has 0 radical (unpaired) electrons. The fraction of sp³-hybridized carbons (Fsp3) is 0.542. The second kappa shape index (κ2) is 8.58. The van der Waals surface area contributed by atoms with Gasteiger partial charge in [0, 0.05) is 28.8 Å². The van der Waals surface area contributed by atoms with Crippen LogP contribution in [-0.2, 0) is 18.4 Å². The summed E-state index contributed by atoms with van der Waals surface area (Å²) in [6, 6.07) is 8.55. The van der Waals surface area contributed by atoms with Crippen molar-refractivity contribution in [2.24, 2.45) is 0 Å². The number of hydrogen-bond acceptors (Lipinski definition) is 4. The summed E-state index contributed by atoms with van der Waals surface area (Å²) in [4.78, 5) is 14.0. The van der Waals surface area contributed by atoms with Crippen LogP contribution >= 0.6 is 11.8 Å². The van der Waals surface area contributed by atoms with Gasteiger partial charge in [-0.15, -0.1) is 10.2 Å². The van der Waals surface area contributed by atoms with Crippen molar-refractivity contribution in [2.75, 3.05) is 5.75 Å². The molecule has 1 aliphatic rings. The molecule has 4 rings (SSSR count). The van der Waals surface area contributed by atoms with Gasteiger partial charge in [0.1, 0.15) is 0 Å². The number of hydrogen-bond donors (Lipinski definition) is 0.